The van der Waals surface area contributed by atoms with Crippen LogP contribution in [0.2, 0.25) is 0 Å². The lowest BCUT2D eigenvalue weighted by Crippen LogP contribution is -2.31. The molecular formula is C19H27N3O6S3. The summed E-state index contributed by atoms with van der Waals surface area (Å²) >= 11 is 0. The molecule has 1 atom stereocenters. The molecule has 2 aromatic carbocycles. The maximum absolute atomic E-state index is 13.0. The lowest BCUT2D eigenvalue weighted by atomic mass is 10.1. The van der Waals surface area contributed by atoms with Gasteiger partial charge in [0.2, 0.25) is 30.1 Å². The number of benzene rings is 2. The number of sulfonamides is 3. The van der Waals surface area contributed by atoms with Gasteiger partial charge in [0.05, 0.1) is 14.7 Å². The van der Waals surface area contributed by atoms with E-state index in [2.05, 4.69) is 0 Å². The number of nitrogens with zero attached hydrogens (tertiary/aromatic N) is 2. The van der Waals surface area contributed by atoms with E-state index in [1.54, 1.807) is 20.8 Å². The van der Waals surface area contributed by atoms with E-state index in [9.17, 15) is 25.3 Å². The first kappa shape index (κ1) is 25.4. The van der Waals surface area contributed by atoms with Crippen molar-refractivity contribution < 1.29 is 25.3 Å². The van der Waals surface area contributed by atoms with Crippen LogP contribution in [0.1, 0.15) is 32.4 Å². The van der Waals surface area contributed by atoms with Gasteiger partial charge >= 0.3 is 0 Å². The third-order valence-corrected chi connectivity index (χ3v) is 10.0. The van der Waals surface area contributed by atoms with Gasteiger partial charge in [-0.15, -0.1) is 0 Å². The van der Waals surface area contributed by atoms with Crippen molar-refractivity contribution in [1.82, 2.24) is 8.61 Å². The minimum Gasteiger partial charge on any atom is -0.225 e. The molecule has 2 N–H and O–H groups in total. The summed E-state index contributed by atoms with van der Waals surface area (Å²) in [6.45, 7) is 5.73. The standard InChI is InChI=1S/C19H27N3O6S3/c1-5-22(6-2)31(27,28)19-13-11-18(12-14-19)30(25,26)21(4)15(3)16-7-9-17(10-8-16)29(20,23)24/h7-15H,5-6H2,1-4H3,(H2,20,23,24)/t15-/m1/s1. The number of rotatable bonds is 9. The van der Waals surface area contributed by atoms with Crippen LogP contribution in [0.25, 0.3) is 0 Å². The van der Waals surface area contributed by atoms with E-state index in [-0.39, 0.29) is 14.7 Å². The first-order chi connectivity index (χ1) is 14.3. The van der Waals surface area contributed by atoms with Crippen molar-refractivity contribution in [2.75, 3.05) is 20.1 Å². The summed E-state index contributed by atoms with van der Waals surface area (Å²) in [5.41, 5.74) is 0.569. The second-order valence-corrected chi connectivity index (χ2v) is 12.4. The Morgan fingerprint density at radius 2 is 1.13 bits per heavy atom. The van der Waals surface area contributed by atoms with Crippen molar-refractivity contribution >= 4 is 30.1 Å². The normalized spacial score (nSPS) is 14.2. The Hall–Kier alpha value is -1.83. The first-order valence-electron chi connectivity index (χ1n) is 9.47. The molecule has 0 bridgehead atoms. The van der Waals surface area contributed by atoms with Crippen molar-refractivity contribution in [1.29, 1.82) is 0 Å². The molecule has 0 aromatic heterocycles. The molecule has 0 aliphatic rings. The Balaban J connectivity index is 2.32. The van der Waals surface area contributed by atoms with Crippen LogP contribution in [0.4, 0.5) is 0 Å². The van der Waals surface area contributed by atoms with Gasteiger partial charge in [0.25, 0.3) is 0 Å². The van der Waals surface area contributed by atoms with Gasteiger partial charge < -0.3 is 0 Å². The maximum atomic E-state index is 13.0. The fourth-order valence-electron chi connectivity index (χ4n) is 3.02. The van der Waals surface area contributed by atoms with Crippen molar-refractivity contribution in [2.45, 2.75) is 41.5 Å². The molecule has 31 heavy (non-hydrogen) atoms. The molecule has 0 aliphatic carbocycles. The van der Waals surface area contributed by atoms with Crippen LogP contribution in [0.3, 0.4) is 0 Å². The molecule has 0 amide bonds. The van der Waals surface area contributed by atoms with Gasteiger partial charge in [0.15, 0.2) is 0 Å². The molecule has 0 radical (unpaired) electrons. The van der Waals surface area contributed by atoms with Crippen LogP contribution in [-0.2, 0) is 30.1 Å². The summed E-state index contributed by atoms with van der Waals surface area (Å²) < 4.78 is 76.5. The minimum absolute atomic E-state index is 0.0180. The van der Waals surface area contributed by atoms with E-state index >= 15 is 0 Å². The third kappa shape index (κ3) is 5.33. The summed E-state index contributed by atoms with van der Waals surface area (Å²) in [5.74, 6) is 0. The fourth-order valence-corrected chi connectivity index (χ4v) is 6.34. The topological polar surface area (TPSA) is 135 Å². The van der Waals surface area contributed by atoms with Crippen LogP contribution in [0, 0.1) is 0 Å². The average molecular weight is 490 g/mol. The predicted octanol–water partition coefficient (Wildman–Crippen LogP) is 1.75. The molecule has 12 heteroatoms. The molecule has 0 spiro atoms. The molecule has 2 rings (SSSR count). The van der Waals surface area contributed by atoms with Crippen LogP contribution in [0.5, 0.6) is 0 Å². The van der Waals surface area contributed by atoms with Gasteiger partial charge in [-0.25, -0.2) is 30.4 Å². The summed E-state index contributed by atoms with van der Waals surface area (Å²) in [7, 11) is -10.1. The smallest absolute Gasteiger partial charge is 0.225 e. The van der Waals surface area contributed by atoms with Crippen LogP contribution < -0.4 is 5.14 Å². The third-order valence-electron chi connectivity index (χ3n) is 5.08. The summed E-state index contributed by atoms with van der Waals surface area (Å²) in [4.78, 5) is -0.107. The number of nitrogens with two attached hydrogens (primary N) is 1. The van der Waals surface area contributed by atoms with Gasteiger partial charge in [0.1, 0.15) is 0 Å². The van der Waals surface area contributed by atoms with E-state index in [1.165, 1.54) is 59.9 Å². The van der Waals surface area contributed by atoms with E-state index in [1.807, 2.05) is 0 Å². The Morgan fingerprint density at radius 1 is 0.742 bits per heavy atom. The zero-order valence-corrected chi connectivity index (χ0v) is 20.2. The molecule has 0 saturated carbocycles. The monoisotopic (exact) mass is 489 g/mol. The largest absolute Gasteiger partial charge is 0.243 e. The van der Waals surface area contributed by atoms with Gasteiger partial charge in [-0.3, -0.25) is 0 Å². The number of primary sulfonamides is 1. The molecule has 0 unspecified atom stereocenters. The summed E-state index contributed by atoms with van der Waals surface area (Å²) in [6, 6.07) is 10.1. The quantitative estimate of drug-likeness (QED) is 0.570. The second kappa shape index (κ2) is 9.35. The van der Waals surface area contributed by atoms with Crippen molar-refractivity contribution in [3.8, 4) is 0 Å². The molecule has 0 saturated heterocycles. The maximum Gasteiger partial charge on any atom is 0.243 e. The SMILES string of the molecule is CCN(CC)S(=O)(=O)c1ccc(S(=O)(=O)N(C)[C@H](C)c2ccc(S(N)(=O)=O)cc2)cc1. The van der Waals surface area contributed by atoms with Crippen molar-refractivity contribution in [3.63, 3.8) is 0 Å². The number of hydrogen-bond donors (Lipinski definition) is 1. The first-order valence-corrected chi connectivity index (χ1v) is 13.9. The minimum atomic E-state index is -3.94. The summed E-state index contributed by atoms with van der Waals surface area (Å²) in [6.07, 6.45) is 0. The highest BCUT2D eigenvalue weighted by molar-refractivity contribution is 7.89. The highest BCUT2D eigenvalue weighted by atomic mass is 32.2. The lowest BCUT2D eigenvalue weighted by molar-refractivity contribution is 0.398. The zero-order chi connectivity index (χ0) is 23.6. The van der Waals surface area contributed by atoms with Crippen LogP contribution in [-0.4, -0.2) is 54.0 Å². The Bertz CT molecular complexity index is 1220. The van der Waals surface area contributed by atoms with E-state index in [0.29, 0.717) is 18.7 Å². The highest BCUT2D eigenvalue weighted by Crippen LogP contribution is 2.27. The van der Waals surface area contributed by atoms with Crippen LogP contribution >= 0.6 is 0 Å². The summed E-state index contributed by atoms with van der Waals surface area (Å²) in [5, 5.41) is 5.09. The second-order valence-electron chi connectivity index (χ2n) is 6.87. The van der Waals surface area contributed by atoms with Crippen molar-refractivity contribution in [2.24, 2.45) is 5.14 Å². The average Bonchev–Trinajstić information content (AvgIpc) is 2.73. The molecule has 2 aromatic rings. The van der Waals surface area contributed by atoms with Gasteiger partial charge in [-0.05, 0) is 48.9 Å². The van der Waals surface area contributed by atoms with E-state index < -0.39 is 36.1 Å². The van der Waals surface area contributed by atoms with Gasteiger partial charge in [0, 0.05) is 26.2 Å². The Morgan fingerprint density at radius 3 is 1.52 bits per heavy atom. The molecule has 0 fully saturated rings. The van der Waals surface area contributed by atoms with Crippen LogP contribution in [0.15, 0.2) is 63.2 Å². The molecule has 0 aliphatic heterocycles. The fraction of sp³-hybridized carbons (Fsp3) is 0.368. The number of hydrogen-bond acceptors (Lipinski definition) is 6. The Kier molecular flexibility index (Phi) is 7.67. The molecule has 0 heterocycles. The zero-order valence-electron chi connectivity index (χ0n) is 17.8. The molecule has 9 nitrogen and oxygen atoms in total. The van der Waals surface area contributed by atoms with E-state index in [0.717, 1.165) is 4.31 Å². The lowest BCUT2D eigenvalue weighted by Gasteiger charge is -2.25. The van der Waals surface area contributed by atoms with Gasteiger partial charge in [-0.1, -0.05) is 26.0 Å². The van der Waals surface area contributed by atoms with E-state index in [4.69, 9.17) is 5.14 Å². The molecule has 172 valence electrons. The predicted molar refractivity (Wildman–Crippen MR) is 118 cm³/mol. The van der Waals surface area contributed by atoms with Crippen molar-refractivity contribution in [3.05, 3.63) is 54.1 Å². The molecular weight excluding hydrogens is 462 g/mol. The van der Waals surface area contributed by atoms with Gasteiger partial charge in [-0.2, -0.15) is 8.61 Å². The Labute approximate surface area is 184 Å². The highest BCUT2D eigenvalue weighted by Gasteiger charge is 2.28.